The summed E-state index contributed by atoms with van der Waals surface area (Å²) in [5.74, 6) is 0.120. The largest absolute Gasteiger partial charge is 0.332 e. The Hall–Kier alpha value is -2.21. The van der Waals surface area contributed by atoms with E-state index in [0.717, 1.165) is 35.5 Å². The lowest BCUT2D eigenvalue weighted by atomic mass is 10.2. The fraction of sp³-hybridized carbons (Fsp3) is 0.353. The SMILES string of the molecule is Cc1cnn(CC(=O)N2CCCC2c2nc3ccccc3s2)c1. The number of thiazole rings is 1. The van der Waals surface area contributed by atoms with E-state index < -0.39 is 0 Å². The van der Waals surface area contributed by atoms with Crippen LogP contribution in [0.3, 0.4) is 0 Å². The number of aromatic nitrogens is 3. The van der Waals surface area contributed by atoms with Gasteiger partial charge in [-0.2, -0.15) is 5.10 Å². The van der Waals surface area contributed by atoms with E-state index in [1.54, 1.807) is 22.2 Å². The molecule has 1 amide bonds. The van der Waals surface area contributed by atoms with Crippen molar-refractivity contribution >= 4 is 27.5 Å². The first-order chi connectivity index (χ1) is 11.2. The molecular weight excluding hydrogens is 308 g/mol. The highest BCUT2D eigenvalue weighted by atomic mass is 32.1. The summed E-state index contributed by atoms with van der Waals surface area (Å²) in [6.07, 6.45) is 5.71. The van der Waals surface area contributed by atoms with E-state index in [0.29, 0.717) is 6.54 Å². The van der Waals surface area contributed by atoms with E-state index in [-0.39, 0.29) is 11.9 Å². The number of amides is 1. The second-order valence-corrected chi connectivity index (χ2v) is 7.04. The summed E-state index contributed by atoms with van der Waals surface area (Å²) in [5.41, 5.74) is 2.09. The summed E-state index contributed by atoms with van der Waals surface area (Å²) in [7, 11) is 0. The molecule has 1 aliphatic rings. The van der Waals surface area contributed by atoms with Gasteiger partial charge in [0.2, 0.25) is 5.91 Å². The zero-order valence-electron chi connectivity index (χ0n) is 13.0. The number of hydrogen-bond donors (Lipinski definition) is 0. The zero-order chi connectivity index (χ0) is 15.8. The molecule has 23 heavy (non-hydrogen) atoms. The van der Waals surface area contributed by atoms with Gasteiger partial charge >= 0.3 is 0 Å². The van der Waals surface area contributed by atoms with Crippen LogP contribution in [0.25, 0.3) is 10.2 Å². The normalized spacial score (nSPS) is 18.0. The van der Waals surface area contributed by atoms with Crippen molar-refractivity contribution in [2.45, 2.75) is 32.4 Å². The lowest BCUT2D eigenvalue weighted by Crippen LogP contribution is -2.33. The molecule has 0 N–H and O–H groups in total. The van der Waals surface area contributed by atoms with Crippen LogP contribution in [0.5, 0.6) is 0 Å². The molecule has 1 aliphatic heterocycles. The van der Waals surface area contributed by atoms with Crippen molar-refractivity contribution < 1.29 is 4.79 Å². The van der Waals surface area contributed by atoms with Crippen LogP contribution in [-0.4, -0.2) is 32.1 Å². The Kier molecular flexibility index (Phi) is 3.61. The highest BCUT2D eigenvalue weighted by Gasteiger charge is 2.32. The molecule has 1 atom stereocenters. The molecule has 3 aromatic rings. The molecule has 0 aliphatic carbocycles. The topological polar surface area (TPSA) is 51.0 Å². The number of carbonyl (C=O) groups excluding carboxylic acids is 1. The van der Waals surface area contributed by atoms with Crippen molar-refractivity contribution in [2.24, 2.45) is 0 Å². The average molecular weight is 326 g/mol. The number of hydrogen-bond acceptors (Lipinski definition) is 4. The number of benzene rings is 1. The van der Waals surface area contributed by atoms with Gasteiger partial charge in [0.15, 0.2) is 0 Å². The van der Waals surface area contributed by atoms with Crippen molar-refractivity contribution in [2.75, 3.05) is 6.54 Å². The van der Waals surface area contributed by atoms with Gasteiger partial charge in [-0.3, -0.25) is 9.48 Å². The molecule has 0 radical (unpaired) electrons. The number of likely N-dealkylation sites (tertiary alicyclic amines) is 1. The second kappa shape index (κ2) is 5.77. The fourth-order valence-electron chi connectivity index (χ4n) is 3.14. The molecule has 118 valence electrons. The van der Waals surface area contributed by atoms with Gasteiger partial charge in [-0.25, -0.2) is 4.98 Å². The molecule has 4 rings (SSSR count). The Morgan fingerprint density at radius 1 is 1.39 bits per heavy atom. The minimum absolute atomic E-state index is 0.108. The molecule has 0 bridgehead atoms. The fourth-order valence-corrected chi connectivity index (χ4v) is 4.25. The van der Waals surface area contributed by atoms with E-state index >= 15 is 0 Å². The third-order valence-electron chi connectivity index (χ3n) is 4.23. The molecule has 0 saturated carbocycles. The van der Waals surface area contributed by atoms with Crippen molar-refractivity contribution in [3.8, 4) is 0 Å². The van der Waals surface area contributed by atoms with Gasteiger partial charge in [-0.1, -0.05) is 12.1 Å². The number of nitrogens with zero attached hydrogens (tertiary/aromatic N) is 4. The lowest BCUT2D eigenvalue weighted by molar-refractivity contribution is -0.133. The summed E-state index contributed by atoms with van der Waals surface area (Å²) < 4.78 is 2.90. The monoisotopic (exact) mass is 326 g/mol. The average Bonchev–Trinajstić information content (AvgIpc) is 3.24. The Morgan fingerprint density at radius 3 is 3.04 bits per heavy atom. The minimum atomic E-state index is 0.108. The van der Waals surface area contributed by atoms with Crippen LogP contribution >= 0.6 is 11.3 Å². The zero-order valence-corrected chi connectivity index (χ0v) is 13.8. The van der Waals surface area contributed by atoms with Crippen molar-refractivity contribution in [3.63, 3.8) is 0 Å². The summed E-state index contributed by atoms with van der Waals surface area (Å²) in [6.45, 7) is 3.09. The van der Waals surface area contributed by atoms with Crippen LogP contribution in [0.15, 0.2) is 36.7 Å². The lowest BCUT2D eigenvalue weighted by Gasteiger charge is -2.23. The molecular formula is C17H18N4OS. The quantitative estimate of drug-likeness (QED) is 0.743. The van der Waals surface area contributed by atoms with E-state index in [2.05, 4.69) is 11.2 Å². The van der Waals surface area contributed by atoms with Crippen LogP contribution in [0.1, 0.15) is 29.5 Å². The van der Waals surface area contributed by atoms with Crippen molar-refractivity contribution in [1.29, 1.82) is 0 Å². The summed E-state index contributed by atoms with van der Waals surface area (Å²) in [6, 6.07) is 8.26. The highest BCUT2D eigenvalue weighted by Crippen LogP contribution is 2.36. The van der Waals surface area contributed by atoms with Gasteiger partial charge in [0.05, 0.1) is 22.5 Å². The summed E-state index contributed by atoms with van der Waals surface area (Å²) in [5, 5.41) is 5.27. The maximum Gasteiger partial charge on any atom is 0.244 e. The minimum Gasteiger partial charge on any atom is -0.332 e. The maximum absolute atomic E-state index is 12.7. The summed E-state index contributed by atoms with van der Waals surface area (Å²) >= 11 is 1.70. The molecule has 1 aromatic carbocycles. The van der Waals surface area contributed by atoms with Gasteiger partial charge < -0.3 is 4.90 Å². The first-order valence-corrected chi connectivity index (χ1v) is 8.66. The van der Waals surface area contributed by atoms with E-state index in [1.807, 2.05) is 36.2 Å². The van der Waals surface area contributed by atoms with E-state index in [1.165, 1.54) is 4.70 Å². The molecule has 2 aromatic heterocycles. The van der Waals surface area contributed by atoms with E-state index in [4.69, 9.17) is 4.98 Å². The number of carbonyl (C=O) groups is 1. The first kappa shape index (κ1) is 14.4. The van der Waals surface area contributed by atoms with Crippen LogP contribution in [-0.2, 0) is 11.3 Å². The Labute approximate surface area is 138 Å². The Morgan fingerprint density at radius 2 is 2.26 bits per heavy atom. The smallest absolute Gasteiger partial charge is 0.244 e. The molecule has 1 unspecified atom stereocenters. The van der Waals surface area contributed by atoms with Crippen LogP contribution in [0.4, 0.5) is 0 Å². The van der Waals surface area contributed by atoms with Crippen LogP contribution < -0.4 is 0 Å². The Balaban J connectivity index is 1.57. The summed E-state index contributed by atoms with van der Waals surface area (Å²) in [4.78, 5) is 19.4. The third-order valence-corrected chi connectivity index (χ3v) is 5.37. The molecule has 5 nitrogen and oxygen atoms in total. The predicted octanol–water partition coefficient (Wildman–Crippen LogP) is 3.16. The molecule has 6 heteroatoms. The van der Waals surface area contributed by atoms with Crippen LogP contribution in [0.2, 0.25) is 0 Å². The first-order valence-electron chi connectivity index (χ1n) is 7.85. The number of aryl methyl sites for hydroxylation is 1. The van der Waals surface area contributed by atoms with Crippen molar-refractivity contribution in [3.05, 3.63) is 47.2 Å². The van der Waals surface area contributed by atoms with Gasteiger partial charge in [0.25, 0.3) is 0 Å². The predicted molar refractivity (Wildman–Crippen MR) is 90.3 cm³/mol. The number of para-hydroxylation sites is 1. The van der Waals surface area contributed by atoms with Gasteiger partial charge in [-0.05, 0) is 37.5 Å². The molecule has 1 fully saturated rings. The molecule has 0 spiro atoms. The van der Waals surface area contributed by atoms with Gasteiger partial charge in [0, 0.05) is 12.7 Å². The van der Waals surface area contributed by atoms with E-state index in [9.17, 15) is 4.79 Å². The van der Waals surface area contributed by atoms with Crippen LogP contribution in [0, 0.1) is 6.92 Å². The number of rotatable bonds is 3. The van der Waals surface area contributed by atoms with Gasteiger partial charge in [0.1, 0.15) is 11.6 Å². The standard InChI is InChI=1S/C17H18N4OS/c1-12-9-18-20(10-12)11-16(22)21-8-4-6-14(21)17-19-13-5-2-3-7-15(13)23-17/h2-3,5,7,9-10,14H,4,6,8,11H2,1H3. The highest BCUT2D eigenvalue weighted by molar-refractivity contribution is 7.18. The van der Waals surface area contributed by atoms with Gasteiger partial charge in [-0.15, -0.1) is 11.3 Å². The number of fused-ring (bicyclic) bond motifs is 1. The maximum atomic E-state index is 12.7. The second-order valence-electron chi connectivity index (χ2n) is 5.98. The third kappa shape index (κ3) is 2.74. The molecule has 3 heterocycles. The Bertz CT molecular complexity index is 820. The molecule has 1 saturated heterocycles. The van der Waals surface area contributed by atoms with Crippen molar-refractivity contribution in [1.82, 2.24) is 19.7 Å².